The van der Waals surface area contributed by atoms with Gasteiger partial charge in [-0.2, -0.15) is 0 Å². The van der Waals surface area contributed by atoms with Crippen molar-refractivity contribution in [3.63, 3.8) is 0 Å². The summed E-state index contributed by atoms with van der Waals surface area (Å²) in [6.45, 7) is 2.86. The summed E-state index contributed by atoms with van der Waals surface area (Å²) in [6, 6.07) is 8.00. The van der Waals surface area contributed by atoms with Crippen LogP contribution >= 0.6 is 11.6 Å². The highest BCUT2D eigenvalue weighted by atomic mass is 35.5. The van der Waals surface area contributed by atoms with Gasteiger partial charge in [0.05, 0.1) is 6.10 Å². The molecule has 0 heterocycles. The van der Waals surface area contributed by atoms with Crippen LogP contribution in [0.2, 0.25) is 5.02 Å². The van der Waals surface area contributed by atoms with Gasteiger partial charge in [-0.1, -0.05) is 49.9 Å². The van der Waals surface area contributed by atoms with Crippen molar-refractivity contribution in [2.75, 3.05) is 6.54 Å². The van der Waals surface area contributed by atoms with Gasteiger partial charge < -0.3 is 10.4 Å². The minimum Gasteiger partial charge on any atom is -0.387 e. The topological polar surface area (TPSA) is 32.3 Å². The quantitative estimate of drug-likeness (QED) is 0.819. The predicted molar refractivity (Wildman–Crippen MR) is 85.1 cm³/mol. The van der Waals surface area contributed by atoms with E-state index in [1.165, 1.54) is 32.1 Å². The van der Waals surface area contributed by atoms with Crippen LogP contribution in [0.25, 0.3) is 0 Å². The van der Waals surface area contributed by atoms with Gasteiger partial charge in [-0.05, 0) is 42.9 Å². The number of aliphatic hydroxyl groups is 1. The smallest absolute Gasteiger partial charge is 0.0914 e. The fourth-order valence-corrected chi connectivity index (χ4v) is 3.37. The molecule has 0 radical (unpaired) electrons. The molecule has 0 amide bonds. The van der Waals surface area contributed by atoms with Crippen LogP contribution in [-0.4, -0.2) is 17.7 Å². The fourth-order valence-electron chi connectivity index (χ4n) is 3.25. The summed E-state index contributed by atoms with van der Waals surface area (Å²) < 4.78 is 0. The number of hydrogen-bond donors (Lipinski definition) is 2. The van der Waals surface area contributed by atoms with Gasteiger partial charge in [0.1, 0.15) is 0 Å². The minimum absolute atomic E-state index is 0.454. The molecule has 1 aliphatic carbocycles. The second-order valence-corrected chi connectivity index (χ2v) is 6.32. The number of rotatable bonds is 6. The van der Waals surface area contributed by atoms with Crippen molar-refractivity contribution in [1.29, 1.82) is 0 Å². The third-order valence-electron chi connectivity index (χ3n) is 4.49. The Morgan fingerprint density at radius 1 is 1.20 bits per heavy atom. The van der Waals surface area contributed by atoms with Crippen LogP contribution in [-0.2, 0) is 0 Å². The van der Waals surface area contributed by atoms with Crippen molar-refractivity contribution in [1.82, 2.24) is 5.32 Å². The van der Waals surface area contributed by atoms with E-state index in [0.29, 0.717) is 17.6 Å². The Morgan fingerprint density at radius 2 is 1.85 bits per heavy atom. The zero-order chi connectivity index (χ0) is 14.4. The zero-order valence-corrected chi connectivity index (χ0v) is 13.1. The van der Waals surface area contributed by atoms with E-state index in [9.17, 15) is 5.11 Å². The molecule has 2 N–H and O–H groups in total. The molecule has 0 spiro atoms. The van der Waals surface area contributed by atoms with E-state index >= 15 is 0 Å². The summed E-state index contributed by atoms with van der Waals surface area (Å²) in [4.78, 5) is 0. The Balaban J connectivity index is 1.84. The normalized spacial score (nSPS) is 19.8. The zero-order valence-electron chi connectivity index (χ0n) is 12.3. The van der Waals surface area contributed by atoms with Crippen LogP contribution in [0, 0.1) is 5.92 Å². The molecule has 2 unspecified atom stereocenters. The summed E-state index contributed by atoms with van der Waals surface area (Å²) in [6.07, 6.45) is 7.47. The molecule has 0 saturated heterocycles. The fraction of sp³-hybridized carbons (Fsp3) is 0.647. The lowest BCUT2D eigenvalue weighted by Crippen LogP contribution is -2.39. The van der Waals surface area contributed by atoms with E-state index in [1.54, 1.807) is 0 Å². The lowest BCUT2D eigenvalue weighted by molar-refractivity contribution is 0.157. The van der Waals surface area contributed by atoms with Crippen molar-refractivity contribution in [3.05, 3.63) is 34.9 Å². The number of hydrogen-bond acceptors (Lipinski definition) is 2. The first-order valence-corrected chi connectivity index (χ1v) is 8.25. The van der Waals surface area contributed by atoms with Gasteiger partial charge in [-0.3, -0.25) is 0 Å². The molecule has 112 valence electrons. The lowest BCUT2D eigenvalue weighted by atomic mass is 9.83. The summed E-state index contributed by atoms with van der Waals surface area (Å²) in [5, 5.41) is 14.5. The van der Waals surface area contributed by atoms with Crippen molar-refractivity contribution in [3.8, 4) is 0 Å². The molecule has 1 fully saturated rings. The molecule has 2 atom stereocenters. The molecule has 20 heavy (non-hydrogen) atoms. The molecule has 2 rings (SSSR count). The SMILES string of the molecule is CCC(NCC(O)c1ccc(Cl)cc1)C1CCCCC1. The minimum atomic E-state index is -0.454. The molecule has 2 nitrogen and oxygen atoms in total. The number of halogens is 1. The molecule has 1 aliphatic rings. The number of nitrogens with one attached hydrogen (secondary N) is 1. The second kappa shape index (κ2) is 8.02. The van der Waals surface area contributed by atoms with E-state index < -0.39 is 6.10 Å². The van der Waals surface area contributed by atoms with Gasteiger partial charge in [0.15, 0.2) is 0 Å². The average molecular weight is 296 g/mol. The summed E-state index contributed by atoms with van der Waals surface area (Å²) in [7, 11) is 0. The Morgan fingerprint density at radius 3 is 2.45 bits per heavy atom. The summed E-state index contributed by atoms with van der Waals surface area (Å²) in [5.41, 5.74) is 0.931. The maximum atomic E-state index is 10.2. The highest BCUT2D eigenvalue weighted by Crippen LogP contribution is 2.28. The highest BCUT2D eigenvalue weighted by molar-refractivity contribution is 6.30. The van der Waals surface area contributed by atoms with E-state index in [0.717, 1.165) is 17.9 Å². The van der Waals surface area contributed by atoms with Crippen molar-refractivity contribution >= 4 is 11.6 Å². The largest absolute Gasteiger partial charge is 0.387 e. The van der Waals surface area contributed by atoms with Crippen molar-refractivity contribution in [2.45, 2.75) is 57.6 Å². The molecule has 0 aromatic heterocycles. The van der Waals surface area contributed by atoms with E-state index in [4.69, 9.17) is 11.6 Å². The van der Waals surface area contributed by atoms with Crippen LogP contribution < -0.4 is 5.32 Å². The van der Waals surface area contributed by atoms with Gasteiger partial charge in [0, 0.05) is 17.6 Å². The maximum Gasteiger partial charge on any atom is 0.0914 e. The molecule has 1 saturated carbocycles. The highest BCUT2D eigenvalue weighted by Gasteiger charge is 2.22. The van der Waals surface area contributed by atoms with Gasteiger partial charge in [-0.25, -0.2) is 0 Å². The molecular weight excluding hydrogens is 270 g/mol. The number of aliphatic hydroxyl groups excluding tert-OH is 1. The van der Waals surface area contributed by atoms with Crippen LogP contribution in [0.3, 0.4) is 0 Å². The van der Waals surface area contributed by atoms with E-state index in [-0.39, 0.29) is 0 Å². The maximum absolute atomic E-state index is 10.2. The Hall–Kier alpha value is -0.570. The van der Waals surface area contributed by atoms with Crippen molar-refractivity contribution < 1.29 is 5.11 Å². The van der Waals surface area contributed by atoms with Crippen LogP contribution in [0.4, 0.5) is 0 Å². The molecule has 3 heteroatoms. The lowest BCUT2D eigenvalue weighted by Gasteiger charge is -2.31. The van der Waals surface area contributed by atoms with E-state index in [1.807, 2.05) is 24.3 Å². The molecule has 1 aromatic rings. The van der Waals surface area contributed by atoms with Gasteiger partial charge in [0.25, 0.3) is 0 Å². The molecule has 0 bridgehead atoms. The monoisotopic (exact) mass is 295 g/mol. The third kappa shape index (κ3) is 4.47. The Labute approximate surface area is 127 Å². The van der Waals surface area contributed by atoms with Gasteiger partial charge in [-0.15, -0.1) is 0 Å². The van der Waals surface area contributed by atoms with Crippen molar-refractivity contribution in [2.24, 2.45) is 5.92 Å². The first-order valence-electron chi connectivity index (χ1n) is 7.87. The predicted octanol–water partition coefficient (Wildman–Crippen LogP) is 4.32. The second-order valence-electron chi connectivity index (χ2n) is 5.89. The van der Waals surface area contributed by atoms with E-state index in [2.05, 4.69) is 12.2 Å². The standard InChI is InChI=1S/C17H26ClNO/c1-2-16(13-6-4-3-5-7-13)19-12-17(20)14-8-10-15(18)11-9-14/h8-11,13,16-17,19-20H,2-7,12H2,1H3. The Kier molecular flexibility index (Phi) is 6.34. The molecule has 0 aliphatic heterocycles. The molecular formula is C17H26ClNO. The van der Waals surface area contributed by atoms with Gasteiger partial charge in [0.2, 0.25) is 0 Å². The summed E-state index contributed by atoms with van der Waals surface area (Å²) >= 11 is 5.87. The first kappa shape index (κ1) is 15.8. The van der Waals surface area contributed by atoms with Crippen LogP contribution in [0.5, 0.6) is 0 Å². The van der Waals surface area contributed by atoms with Gasteiger partial charge >= 0.3 is 0 Å². The first-order chi connectivity index (χ1) is 9.70. The number of benzene rings is 1. The molecule has 1 aromatic carbocycles. The third-order valence-corrected chi connectivity index (χ3v) is 4.74. The summed E-state index contributed by atoms with van der Waals surface area (Å²) in [5.74, 6) is 0.783. The Bertz CT molecular complexity index is 386. The van der Waals surface area contributed by atoms with Crippen LogP contribution in [0.15, 0.2) is 24.3 Å². The average Bonchev–Trinajstić information content (AvgIpc) is 2.49. The van der Waals surface area contributed by atoms with Crippen LogP contribution in [0.1, 0.15) is 57.1 Å².